The van der Waals surface area contributed by atoms with Gasteiger partial charge in [-0.2, -0.15) is 0 Å². The number of carbonyl (C=O) groups excluding carboxylic acids is 1. The number of carbonyl (C=O) groups is 1. The van der Waals surface area contributed by atoms with Gasteiger partial charge < -0.3 is 5.73 Å². The van der Waals surface area contributed by atoms with Crippen LogP contribution in [-0.4, -0.2) is 10.2 Å². The third kappa shape index (κ3) is 5.88. The Morgan fingerprint density at radius 2 is 1.94 bits per heavy atom. The fraction of sp³-hybridized carbons (Fsp3) is 0.385. The zero-order valence-corrected chi connectivity index (χ0v) is 20.3. The molecule has 1 heterocycles. The van der Waals surface area contributed by atoms with Crippen LogP contribution < -0.4 is 5.73 Å². The van der Waals surface area contributed by atoms with Gasteiger partial charge in [-0.05, 0) is 66.5 Å². The molecule has 2 N–H and O–H groups in total. The highest BCUT2D eigenvalue weighted by Crippen LogP contribution is 2.37. The fourth-order valence-electron chi connectivity index (χ4n) is 3.90. The number of pyridine rings is 1. The number of hydrogen-bond acceptors (Lipinski definition) is 4. The number of aryl methyl sites for hydroxylation is 2. The lowest BCUT2D eigenvalue weighted by Crippen LogP contribution is -2.13. The van der Waals surface area contributed by atoms with Crippen LogP contribution in [0, 0.1) is 25.7 Å². The minimum atomic E-state index is -0.299. The van der Waals surface area contributed by atoms with E-state index < -0.39 is 0 Å². The van der Waals surface area contributed by atoms with Crippen LogP contribution in [0.15, 0.2) is 47.4 Å². The molecule has 0 saturated heterocycles. The van der Waals surface area contributed by atoms with Crippen molar-refractivity contribution >= 4 is 28.6 Å². The van der Waals surface area contributed by atoms with Crippen LogP contribution in [0.1, 0.15) is 48.3 Å². The monoisotopic (exact) mass is 454 g/mol. The first-order valence-electron chi connectivity index (χ1n) is 10.8. The predicted molar refractivity (Wildman–Crippen MR) is 133 cm³/mol. The van der Waals surface area contributed by atoms with Gasteiger partial charge in [0.25, 0.3) is 0 Å². The fourth-order valence-corrected chi connectivity index (χ4v) is 5.11. The number of hydrogen-bond donors (Lipinski definition) is 1. The Morgan fingerprint density at radius 1 is 1.23 bits per heavy atom. The molecule has 0 amide bonds. The van der Waals surface area contributed by atoms with Crippen molar-refractivity contribution in [1.29, 1.82) is 0 Å². The molecular weight excluding hydrogens is 424 g/mol. The second kappa shape index (κ2) is 10.6. The largest absolute Gasteiger partial charge is 0.326 e. The van der Waals surface area contributed by atoms with Gasteiger partial charge in [0.15, 0.2) is 0 Å². The molecule has 0 bridgehead atoms. The number of halogens is 1. The Kier molecular flexibility index (Phi) is 8.15. The Hall–Kier alpha value is -1.88. The normalized spacial score (nSPS) is 16.0. The minimum absolute atomic E-state index is 0.211. The number of aromatic nitrogens is 1. The molecule has 1 atom stereocenters. The van der Waals surface area contributed by atoms with Crippen molar-refractivity contribution in [3.63, 3.8) is 0 Å². The summed E-state index contributed by atoms with van der Waals surface area (Å²) in [5.74, 6) is 1.10. The van der Waals surface area contributed by atoms with Crippen molar-refractivity contribution in [2.75, 3.05) is 0 Å². The number of nitrogens with two attached hydrogens (primary N) is 1. The summed E-state index contributed by atoms with van der Waals surface area (Å²) in [6.07, 6.45) is 7.58. The highest BCUT2D eigenvalue weighted by atomic mass is 35.5. The molecule has 1 aromatic heterocycles. The van der Waals surface area contributed by atoms with E-state index >= 15 is 0 Å². The third-order valence-corrected chi connectivity index (χ3v) is 6.93. The Bertz CT molecular complexity index is 1010. The highest BCUT2D eigenvalue weighted by Gasteiger charge is 2.20. The maximum atomic E-state index is 11.4. The Morgan fingerprint density at radius 3 is 2.48 bits per heavy atom. The van der Waals surface area contributed by atoms with Gasteiger partial charge in [-0.3, -0.25) is 9.78 Å². The van der Waals surface area contributed by atoms with Gasteiger partial charge in [0.1, 0.15) is 0 Å². The molecule has 1 aromatic carbocycles. The molecule has 3 nitrogen and oxygen atoms in total. The molecule has 164 valence electrons. The van der Waals surface area contributed by atoms with E-state index in [1.165, 1.54) is 22.3 Å². The average molecular weight is 455 g/mol. The lowest BCUT2D eigenvalue weighted by Gasteiger charge is -2.21. The Labute approximate surface area is 195 Å². The summed E-state index contributed by atoms with van der Waals surface area (Å²) in [5.41, 5.74) is 14.5. The summed E-state index contributed by atoms with van der Waals surface area (Å²) in [4.78, 5) is 17.5. The predicted octanol–water partition coefficient (Wildman–Crippen LogP) is 6.48. The van der Waals surface area contributed by atoms with E-state index in [-0.39, 0.29) is 11.2 Å². The summed E-state index contributed by atoms with van der Waals surface area (Å²) in [7, 11) is 0. The zero-order valence-electron chi connectivity index (χ0n) is 18.7. The van der Waals surface area contributed by atoms with Crippen molar-refractivity contribution in [3.05, 3.63) is 75.5 Å². The van der Waals surface area contributed by atoms with Gasteiger partial charge in [-0.1, -0.05) is 61.9 Å². The number of nitrogens with zero attached hydrogens (tertiary/aromatic N) is 1. The maximum absolute atomic E-state index is 11.4. The number of thioether (sulfide) groups is 1. The van der Waals surface area contributed by atoms with Crippen LogP contribution in [0.4, 0.5) is 0 Å². The molecule has 31 heavy (non-hydrogen) atoms. The lowest BCUT2D eigenvalue weighted by molar-refractivity contribution is -0.113. The van der Waals surface area contributed by atoms with Crippen molar-refractivity contribution < 1.29 is 4.79 Å². The van der Waals surface area contributed by atoms with Crippen molar-refractivity contribution in [2.45, 2.75) is 52.8 Å². The van der Waals surface area contributed by atoms with Crippen LogP contribution in [0.3, 0.4) is 0 Å². The molecule has 1 unspecified atom stereocenters. The Balaban J connectivity index is 1.99. The second-order valence-corrected chi connectivity index (χ2v) is 9.97. The number of allylic oxidation sites excluding steroid dienone is 3. The van der Waals surface area contributed by atoms with Crippen LogP contribution in [0.5, 0.6) is 0 Å². The average Bonchev–Trinajstić information content (AvgIpc) is 2.73. The lowest BCUT2D eigenvalue weighted by atomic mass is 9.90. The first kappa shape index (κ1) is 23.8. The van der Waals surface area contributed by atoms with Gasteiger partial charge in [0.2, 0.25) is 5.24 Å². The highest BCUT2D eigenvalue weighted by molar-refractivity contribution is 8.02. The SMILES string of the molecule is Cc1ccc(-c2c(CSC3=CCC(C(=O)Cl)C=C3)c(C)nc(CC(C)C)c2CN)cc1. The summed E-state index contributed by atoms with van der Waals surface area (Å²) < 4.78 is 0. The maximum Gasteiger partial charge on any atom is 0.228 e. The van der Waals surface area contributed by atoms with Crippen LogP contribution in [-0.2, 0) is 23.5 Å². The van der Waals surface area contributed by atoms with Gasteiger partial charge in [-0.15, -0.1) is 11.8 Å². The van der Waals surface area contributed by atoms with Crippen LogP contribution in [0.25, 0.3) is 11.1 Å². The standard InChI is InChI=1S/C26H31ClN2OS/c1-16(2)13-24-22(14-28)25(19-7-5-17(3)6-8-19)23(18(4)29-24)15-31-21-11-9-20(10-12-21)26(27)30/h5-9,11-12,16,20H,10,13-15,28H2,1-4H3. The van der Waals surface area contributed by atoms with E-state index in [1.807, 2.05) is 12.2 Å². The molecule has 1 aliphatic rings. The molecule has 3 rings (SSSR count). The topological polar surface area (TPSA) is 56.0 Å². The third-order valence-electron chi connectivity index (χ3n) is 5.58. The van der Waals surface area contributed by atoms with Crippen LogP contribution in [0.2, 0.25) is 0 Å². The van der Waals surface area contributed by atoms with E-state index in [4.69, 9.17) is 22.3 Å². The van der Waals surface area contributed by atoms with Gasteiger partial charge in [0.05, 0.1) is 5.92 Å². The van der Waals surface area contributed by atoms with E-state index in [0.29, 0.717) is 18.9 Å². The van der Waals surface area contributed by atoms with E-state index in [0.717, 1.165) is 34.0 Å². The van der Waals surface area contributed by atoms with Gasteiger partial charge in [0, 0.05) is 28.6 Å². The molecule has 0 saturated carbocycles. The molecular formula is C26H31ClN2OS. The molecule has 0 spiro atoms. The molecule has 0 radical (unpaired) electrons. The quantitative estimate of drug-likeness (QED) is 0.463. The van der Waals surface area contributed by atoms with Gasteiger partial charge in [-0.25, -0.2) is 0 Å². The first-order valence-corrected chi connectivity index (χ1v) is 12.1. The molecule has 0 aliphatic heterocycles. The zero-order chi connectivity index (χ0) is 22.5. The van der Waals surface area contributed by atoms with E-state index in [9.17, 15) is 4.79 Å². The molecule has 5 heteroatoms. The van der Waals surface area contributed by atoms with Crippen molar-refractivity contribution in [2.24, 2.45) is 17.6 Å². The van der Waals surface area contributed by atoms with E-state index in [2.05, 4.69) is 58.0 Å². The smallest absolute Gasteiger partial charge is 0.228 e. The number of rotatable bonds is 8. The minimum Gasteiger partial charge on any atom is -0.326 e. The molecule has 0 fully saturated rings. The van der Waals surface area contributed by atoms with Crippen LogP contribution >= 0.6 is 23.4 Å². The first-order chi connectivity index (χ1) is 14.8. The van der Waals surface area contributed by atoms with Gasteiger partial charge >= 0.3 is 0 Å². The molecule has 1 aliphatic carbocycles. The van der Waals surface area contributed by atoms with Crippen molar-refractivity contribution in [3.8, 4) is 11.1 Å². The molecule has 2 aromatic rings. The summed E-state index contributed by atoms with van der Waals surface area (Å²) in [5, 5.41) is -0.299. The van der Waals surface area contributed by atoms with Crippen molar-refractivity contribution in [1.82, 2.24) is 4.98 Å². The summed E-state index contributed by atoms with van der Waals surface area (Å²) >= 11 is 7.40. The summed E-state index contributed by atoms with van der Waals surface area (Å²) in [6.45, 7) is 9.11. The van der Waals surface area contributed by atoms with E-state index in [1.54, 1.807) is 11.8 Å². The summed E-state index contributed by atoms with van der Waals surface area (Å²) in [6, 6.07) is 8.68. The number of benzene rings is 1. The second-order valence-electron chi connectivity index (χ2n) is 8.54.